The number of nitrogens with one attached hydrogen (secondary N) is 1. The molecule has 3 aromatic rings. The van der Waals surface area contributed by atoms with Crippen LogP contribution >= 0.6 is 0 Å². The number of aliphatic hydroxyl groups excluding tert-OH is 1. The SMILES string of the molecule is CC(NC(=O)C1C[C@@H](O)CN1C(=O)C(c1ccno1)C(C)C)c1ccc(-c2ccnn2C)cc1. The Morgan fingerprint density at radius 2 is 1.85 bits per heavy atom. The second-order valence-electron chi connectivity index (χ2n) is 9.22. The van der Waals surface area contributed by atoms with E-state index < -0.39 is 18.1 Å². The van der Waals surface area contributed by atoms with Gasteiger partial charge in [0.2, 0.25) is 11.8 Å². The number of aliphatic hydroxyl groups is 1. The van der Waals surface area contributed by atoms with Crippen molar-refractivity contribution in [2.45, 2.75) is 51.3 Å². The molecule has 0 saturated carbocycles. The summed E-state index contributed by atoms with van der Waals surface area (Å²) in [7, 11) is 1.89. The van der Waals surface area contributed by atoms with Crippen LogP contribution < -0.4 is 5.32 Å². The highest BCUT2D eigenvalue weighted by molar-refractivity contribution is 5.91. The van der Waals surface area contributed by atoms with E-state index in [2.05, 4.69) is 15.6 Å². The molecule has 3 heterocycles. The Hall–Kier alpha value is -3.46. The molecule has 34 heavy (non-hydrogen) atoms. The normalized spacial score (nSPS) is 19.9. The first-order valence-corrected chi connectivity index (χ1v) is 11.5. The predicted octanol–water partition coefficient (Wildman–Crippen LogP) is 2.65. The van der Waals surface area contributed by atoms with E-state index in [0.29, 0.717) is 5.76 Å². The third-order valence-corrected chi connectivity index (χ3v) is 6.45. The van der Waals surface area contributed by atoms with Crippen LogP contribution in [0.25, 0.3) is 11.3 Å². The van der Waals surface area contributed by atoms with Gasteiger partial charge in [0, 0.05) is 32.3 Å². The Morgan fingerprint density at radius 3 is 2.44 bits per heavy atom. The summed E-state index contributed by atoms with van der Waals surface area (Å²) in [5, 5.41) is 21.2. The monoisotopic (exact) mass is 465 g/mol. The average Bonchev–Trinajstić information content (AvgIpc) is 3.55. The molecule has 3 unspecified atom stereocenters. The molecule has 4 atom stereocenters. The van der Waals surface area contributed by atoms with E-state index in [0.717, 1.165) is 16.8 Å². The van der Waals surface area contributed by atoms with Crippen LogP contribution in [0, 0.1) is 5.92 Å². The van der Waals surface area contributed by atoms with E-state index in [-0.39, 0.29) is 36.7 Å². The van der Waals surface area contributed by atoms with Crippen molar-refractivity contribution in [2.24, 2.45) is 13.0 Å². The molecule has 2 aromatic heterocycles. The van der Waals surface area contributed by atoms with Gasteiger partial charge < -0.3 is 19.8 Å². The Kier molecular flexibility index (Phi) is 6.83. The van der Waals surface area contributed by atoms with E-state index in [1.807, 2.05) is 58.2 Å². The molecular formula is C25H31N5O4. The molecule has 0 bridgehead atoms. The van der Waals surface area contributed by atoms with Gasteiger partial charge in [-0.05, 0) is 30.0 Å². The lowest BCUT2D eigenvalue weighted by Gasteiger charge is -2.29. The zero-order valence-corrected chi connectivity index (χ0v) is 19.9. The quantitative estimate of drug-likeness (QED) is 0.555. The molecule has 180 valence electrons. The molecule has 1 saturated heterocycles. The minimum absolute atomic E-state index is 0.0567. The minimum Gasteiger partial charge on any atom is -0.391 e. The van der Waals surface area contributed by atoms with Gasteiger partial charge in [-0.2, -0.15) is 5.10 Å². The third-order valence-electron chi connectivity index (χ3n) is 6.45. The maximum atomic E-state index is 13.4. The standard InChI is InChI=1S/C25H31N5O4/c1-15(2)23(22-10-12-27-34-22)25(33)30-14-19(31)13-21(30)24(32)28-16(3)17-5-7-18(8-6-17)20-9-11-26-29(20)4/h5-12,15-16,19,21,23,31H,13-14H2,1-4H3,(H,28,32)/t16?,19-,21?,23?/m1/s1. The largest absolute Gasteiger partial charge is 0.391 e. The molecule has 2 N–H and O–H groups in total. The molecule has 0 radical (unpaired) electrons. The van der Waals surface area contributed by atoms with Crippen molar-refractivity contribution < 1.29 is 19.2 Å². The van der Waals surface area contributed by atoms with E-state index in [1.54, 1.807) is 16.9 Å². The van der Waals surface area contributed by atoms with Crippen LogP contribution in [-0.4, -0.2) is 55.4 Å². The summed E-state index contributed by atoms with van der Waals surface area (Å²) in [6.45, 7) is 5.86. The topological polar surface area (TPSA) is 113 Å². The van der Waals surface area contributed by atoms with Crippen molar-refractivity contribution in [1.82, 2.24) is 25.2 Å². The second-order valence-corrected chi connectivity index (χ2v) is 9.22. The number of carbonyl (C=O) groups is 2. The van der Waals surface area contributed by atoms with Crippen LogP contribution in [0.1, 0.15) is 50.5 Å². The molecule has 9 nitrogen and oxygen atoms in total. The number of hydrogen-bond acceptors (Lipinski definition) is 6. The van der Waals surface area contributed by atoms with Gasteiger partial charge in [-0.15, -0.1) is 0 Å². The van der Waals surface area contributed by atoms with Crippen LogP contribution in [0.3, 0.4) is 0 Å². The molecule has 1 aliphatic heterocycles. The van der Waals surface area contributed by atoms with E-state index in [4.69, 9.17) is 4.52 Å². The maximum absolute atomic E-state index is 13.4. The summed E-state index contributed by atoms with van der Waals surface area (Å²) in [5.74, 6) is -0.689. The fourth-order valence-corrected chi connectivity index (χ4v) is 4.60. The third kappa shape index (κ3) is 4.75. The molecule has 9 heteroatoms. The molecule has 1 fully saturated rings. The fourth-order valence-electron chi connectivity index (χ4n) is 4.60. The van der Waals surface area contributed by atoms with E-state index >= 15 is 0 Å². The smallest absolute Gasteiger partial charge is 0.243 e. The lowest BCUT2D eigenvalue weighted by atomic mass is 9.91. The number of aryl methyl sites for hydroxylation is 1. The van der Waals surface area contributed by atoms with Crippen molar-refractivity contribution in [2.75, 3.05) is 6.54 Å². The molecule has 0 spiro atoms. The van der Waals surface area contributed by atoms with Crippen molar-refractivity contribution in [3.63, 3.8) is 0 Å². The predicted molar refractivity (Wildman–Crippen MR) is 125 cm³/mol. The van der Waals surface area contributed by atoms with Crippen LogP contribution in [0.5, 0.6) is 0 Å². The van der Waals surface area contributed by atoms with E-state index in [9.17, 15) is 14.7 Å². The molecular weight excluding hydrogens is 434 g/mol. The Bertz CT molecular complexity index is 1120. The van der Waals surface area contributed by atoms with Gasteiger partial charge in [-0.3, -0.25) is 14.3 Å². The summed E-state index contributed by atoms with van der Waals surface area (Å²) >= 11 is 0. The molecule has 1 aromatic carbocycles. The Balaban J connectivity index is 1.47. The van der Waals surface area contributed by atoms with Gasteiger partial charge in [0.05, 0.1) is 24.0 Å². The van der Waals surface area contributed by atoms with Crippen molar-refractivity contribution in [1.29, 1.82) is 0 Å². The number of hydrogen-bond donors (Lipinski definition) is 2. The first kappa shape index (κ1) is 23.7. The first-order chi connectivity index (χ1) is 16.3. The van der Waals surface area contributed by atoms with Gasteiger partial charge >= 0.3 is 0 Å². The molecule has 2 amide bonds. The number of carbonyl (C=O) groups excluding carboxylic acids is 2. The number of rotatable bonds is 7. The molecule has 0 aliphatic carbocycles. The van der Waals surface area contributed by atoms with E-state index in [1.165, 1.54) is 11.1 Å². The Morgan fingerprint density at radius 1 is 1.12 bits per heavy atom. The number of benzene rings is 1. The zero-order chi connectivity index (χ0) is 24.4. The highest BCUT2D eigenvalue weighted by atomic mass is 16.5. The fraction of sp³-hybridized carbons (Fsp3) is 0.440. The summed E-state index contributed by atoms with van der Waals surface area (Å²) in [6.07, 6.45) is 2.70. The summed E-state index contributed by atoms with van der Waals surface area (Å²) in [6, 6.07) is 10.5. The first-order valence-electron chi connectivity index (χ1n) is 11.5. The van der Waals surface area contributed by atoms with Gasteiger partial charge in [-0.25, -0.2) is 0 Å². The minimum atomic E-state index is -0.754. The number of amides is 2. The Labute approximate surface area is 198 Å². The number of nitrogens with zero attached hydrogens (tertiary/aromatic N) is 4. The number of β-amino-alcohol motifs (C(OH)–C–C–N with tert-alkyl or cyclic N) is 1. The summed E-state index contributed by atoms with van der Waals surface area (Å²) in [5.41, 5.74) is 2.98. The van der Waals surface area contributed by atoms with Crippen LogP contribution in [0.4, 0.5) is 0 Å². The summed E-state index contributed by atoms with van der Waals surface area (Å²) in [4.78, 5) is 28.1. The van der Waals surface area contributed by atoms with Crippen molar-refractivity contribution in [3.05, 3.63) is 60.1 Å². The maximum Gasteiger partial charge on any atom is 0.243 e. The van der Waals surface area contributed by atoms with Gasteiger partial charge in [-0.1, -0.05) is 43.3 Å². The van der Waals surface area contributed by atoms with Crippen LogP contribution in [0.2, 0.25) is 0 Å². The van der Waals surface area contributed by atoms with Gasteiger partial charge in [0.1, 0.15) is 17.7 Å². The lowest BCUT2D eigenvalue weighted by molar-refractivity contribution is -0.141. The highest BCUT2D eigenvalue weighted by Crippen LogP contribution is 2.31. The second kappa shape index (κ2) is 9.80. The highest BCUT2D eigenvalue weighted by Gasteiger charge is 2.43. The number of aromatic nitrogens is 3. The summed E-state index contributed by atoms with van der Waals surface area (Å²) < 4.78 is 7.07. The average molecular weight is 466 g/mol. The van der Waals surface area contributed by atoms with Crippen molar-refractivity contribution in [3.8, 4) is 11.3 Å². The number of likely N-dealkylation sites (tertiary alicyclic amines) is 1. The van der Waals surface area contributed by atoms with Crippen molar-refractivity contribution >= 4 is 11.8 Å². The lowest BCUT2D eigenvalue weighted by Crippen LogP contribution is -2.48. The van der Waals surface area contributed by atoms with Crippen LogP contribution in [-0.2, 0) is 16.6 Å². The molecule has 4 rings (SSSR count). The van der Waals surface area contributed by atoms with Gasteiger partial charge in [0.15, 0.2) is 0 Å². The molecule has 1 aliphatic rings. The van der Waals surface area contributed by atoms with Gasteiger partial charge in [0.25, 0.3) is 0 Å². The zero-order valence-electron chi connectivity index (χ0n) is 19.9. The van der Waals surface area contributed by atoms with Crippen LogP contribution in [0.15, 0.2) is 53.3 Å².